The molecule has 2 aromatic heterocycles. The van der Waals surface area contributed by atoms with Gasteiger partial charge in [0.05, 0.1) is 5.52 Å². The first-order valence-corrected chi connectivity index (χ1v) is 26.3. The molecule has 0 amide bonds. The van der Waals surface area contributed by atoms with E-state index in [0.717, 1.165) is 67.6 Å². The van der Waals surface area contributed by atoms with Crippen LogP contribution < -0.4 is 0 Å². The van der Waals surface area contributed by atoms with Gasteiger partial charge in [-0.05, 0) is 162 Å². The Morgan fingerprint density at radius 3 is 1.24 bits per heavy atom. The average molecular weight is 973 g/mol. The van der Waals surface area contributed by atoms with Crippen LogP contribution >= 0.6 is 0 Å². The van der Waals surface area contributed by atoms with Crippen molar-refractivity contribution in [1.82, 2.24) is 19.5 Å². The second kappa shape index (κ2) is 18.5. The molecule has 14 rings (SSSR count). The Labute approximate surface area is 444 Å². The van der Waals surface area contributed by atoms with Crippen LogP contribution in [0.5, 0.6) is 0 Å². The first-order chi connectivity index (χ1) is 37.4. The summed E-state index contributed by atoms with van der Waals surface area (Å²) in [7, 11) is 0. The maximum Gasteiger partial charge on any atom is 0.238 e. The van der Waals surface area contributed by atoms with E-state index in [2.05, 4.69) is 279 Å². The van der Waals surface area contributed by atoms with E-state index < -0.39 is 0 Å². The number of allylic oxidation sites excluding steroid dienone is 1. The van der Waals surface area contributed by atoms with Gasteiger partial charge in [-0.3, -0.25) is 4.57 Å². The number of aromatic nitrogens is 4. The highest BCUT2D eigenvalue weighted by molar-refractivity contribution is 6.01. The summed E-state index contributed by atoms with van der Waals surface area (Å²) in [6, 6.07) is 91.6. The van der Waals surface area contributed by atoms with E-state index in [1.165, 1.54) is 55.6 Å². The third-order valence-corrected chi connectivity index (χ3v) is 15.9. The Morgan fingerprint density at radius 2 is 0.750 bits per heavy atom. The molecule has 1 unspecified atom stereocenters. The standard InChI is InChI=1S/C72H52N4/c1-72(2)65-35-17-15-33-61(65)63-45-64-62-34-16-18-36-67(62)76(68(64)46-66(63)72)71-74-69(53-31-19-29-51(37-53)59-41-55(47-21-7-3-8-22-47)39-56(42-59)48-23-9-4-10-24-48)73-70(75-71)54-32-20-30-52(38-54)60-43-57(49-25-11-5-12-26-49)40-58(44-60)50-27-13-6-14-28-50/h3-45,66H,46H2,1-2H3. The van der Waals surface area contributed by atoms with E-state index >= 15 is 0 Å². The molecule has 360 valence electrons. The van der Waals surface area contributed by atoms with Crippen LogP contribution in [0.3, 0.4) is 0 Å². The van der Waals surface area contributed by atoms with Crippen molar-refractivity contribution in [2.75, 3.05) is 0 Å². The molecule has 0 aliphatic heterocycles. The second-order valence-electron chi connectivity index (χ2n) is 20.8. The fraction of sp³-hybridized carbons (Fsp3) is 0.0694. The lowest BCUT2D eigenvalue weighted by Gasteiger charge is -2.31. The highest BCUT2D eigenvalue weighted by Gasteiger charge is 2.45. The molecule has 2 heterocycles. The summed E-state index contributed by atoms with van der Waals surface area (Å²) in [5, 5.41) is 1.19. The highest BCUT2D eigenvalue weighted by atomic mass is 15.2. The Morgan fingerprint density at radius 1 is 0.368 bits per heavy atom. The molecule has 0 saturated heterocycles. The number of nitrogens with zero attached hydrogens (tertiary/aromatic N) is 4. The molecule has 76 heavy (non-hydrogen) atoms. The van der Waals surface area contributed by atoms with Gasteiger partial charge in [0.15, 0.2) is 11.6 Å². The molecule has 0 bridgehead atoms. The molecule has 4 heteroatoms. The van der Waals surface area contributed by atoms with Crippen LogP contribution in [0.15, 0.2) is 255 Å². The SMILES string of the molecule is CC1(C)c2ccccc2C2=Cc3c(n(-c4nc(-c5cccc(-c6cc(-c7ccccc7)cc(-c7ccccc7)c6)c5)nc(-c5cccc(-c6cc(-c7ccccc7)cc(-c7ccccc7)c6)c5)n4)c4ccccc34)CC21. The summed E-state index contributed by atoms with van der Waals surface area (Å²) in [6.45, 7) is 4.82. The average Bonchev–Trinajstić information content (AvgIpc) is 4.11. The van der Waals surface area contributed by atoms with E-state index in [-0.39, 0.29) is 11.3 Å². The normalized spacial score (nSPS) is 14.2. The van der Waals surface area contributed by atoms with Gasteiger partial charge < -0.3 is 0 Å². The minimum atomic E-state index is -0.0614. The number of benzene rings is 10. The molecule has 2 aliphatic rings. The Kier molecular flexibility index (Phi) is 11.0. The monoisotopic (exact) mass is 972 g/mol. The van der Waals surface area contributed by atoms with Gasteiger partial charge in [0, 0.05) is 27.8 Å². The van der Waals surface area contributed by atoms with Crippen molar-refractivity contribution in [3.05, 3.63) is 277 Å². The molecule has 1 atom stereocenters. The molecule has 0 saturated carbocycles. The van der Waals surface area contributed by atoms with E-state index in [0.29, 0.717) is 17.6 Å². The van der Waals surface area contributed by atoms with Gasteiger partial charge in [0.2, 0.25) is 5.95 Å². The summed E-state index contributed by atoms with van der Waals surface area (Å²) in [5.74, 6) is 2.11. The molecule has 2 aliphatic carbocycles. The van der Waals surface area contributed by atoms with Crippen LogP contribution in [0.2, 0.25) is 0 Å². The topological polar surface area (TPSA) is 43.6 Å². The van der Waals surface area contributed by atoms with Crippen molar-refractivity contribution in [2.45, 2.75) is 25.7 Å². The quantitative estimate of drug-likeness (QED) is 0.145. The minimum absolute atomic E-state index is 0.0614. The molecule has 12 aromatic rings. The van der Waals surface area contributed by atoms with Crippen molar-refractivity contribution in [2.24, 2.45) is 5.92 Å². The molecular formula is C72H52N4. The predicted molar refractivity (Wildman–Crippen MR) is 315 cm³/mol. The molecule has 4 nitrogen and oxygen atoms in total. The lowest BCUT2D eigenvalue weighted by atomic mass is 9.73. The summed E-state index contributed by atoms with van der Waals surface area (Å²) >= 11 is 0. The lowest BCUT2D eigenvalue weighted by molar-refractivity contribution is 0.405. The smallest absolute Gasteiger partial charge is 0.238 e. The van der Waals surface area contributed by atoms with Crippen molar-refractivity contribution >= 4 is 22.6 Å². The van der Waals surface area contributed by atoms with Crippen LogP contribution in [0, 0.1) is 5.92 Å². The van der Waals surface area contributed by atoms with Crippen molar-refractivity contribution in [3.63, 3.8) is 0 Å². The minimum Gasteiger partial charge on any atom is -0.282 e. The van der Waals surface area contributed by atoms with Gasteiger partial charge in [-0.2, -0.15) is 9.97 Å². The van der Waals surface area contributed by atoms with E-state index in [9.17, 15) is 0 Å². The third-order valence-electron chi connectivity index (χ3n) is 15.9. The van der Waals surface area contributed by atoms with Gasteiger partial charge in [-0.25, -0.2) is 4.98 Å². The number of hydrogen-bond acceptors (Lipinski definition) is 3. The van der Waals surface area contributed by atoms with Gasteiger partial charge in [-0.15, -0.1) is 0 Å². The van der Waals surface area contributed by atoms with Crippen molar-refractivity contribution in [3.8, 4) is 95.5 Å². The van der Waals surface area contributed by atoms with Crippen LogP contribution in [0.25, 0.3) is 118 Å². The molecule has 10 aromatic carbocycles. The van der Waals surface area contributed by atoms with Gasteiger partial charge in [0.25, 0.3) is 0 Å². The lowest BCUT2D eigenvalue weighted by Crippen LogP contribution is -2.28. The van der Waals surface area contributed by atoms with E-state index in [4.69, 9.17) is 15.0 Å². The fourth-order valence-corrected chi connectivity index (χ4v) is 12.0. The van der Waals surface area contributed by atoms with Crippen LogP contribution in [0.1, 0.15) is 36.2 Å². The fourth-order valence-electron chi connectivity index (χ4n) is 12.0. The zero-order valence-electron chi connectivity index (χ0n) is 42.4. The van der Waals surface area contributed by atoms with Crippen LogP contribution in [-0.4, -0.2) is 19.5 Å². The maximum atomic E-state index is 5.55. The van der Waals surface area contributed by atoms with E-state index in [1.54, 1.807) is 0 Å². The summed E-state index contributed by atoms with van der Waals surface area (Å²) in [5.41, 5.74) is 23.2. The van der Waals surface area contributed by atoms with Crippen LogP contribution in [-0.2, 0) is 11.8 Å². The summed E-state index contributed by atoms with van der Waals surface area (Å²) in [4.78, 5) is 16.6. The molecule has 0 spiro atoms. The second-order valence-corrected chi connectivity index (χ2v) is 20.8. The zero-order valence-corrected chi connectivity index (χ0v) is 42.4. The third kappa shape index (κ3) is 7.98. The highest BCUT2D eigenvalue weighted by Crippen LogP contribution is 2.55. The van der Waals surface area contributed by atoms with Gasteiger partial charge in [0.1, 0.15) is 0 Å². The Bertz CT molecular complexity index is 3910. The van der Waals surface area contributed by atoms with E-state index in [1.807, 2.05) is 0 Å². The van der Waals surface area contributed by atoms with Crippen molar-refractivity contribution < 1.29 is 0 Å². The van der Waals surface area contributed by atoms with Gasteiger partial charge >= 0.3 is 0 Å². The van der Waals surface area contributed by atoms with Crippen LogP contribution in [0.4, 0.5) is 0 Å². The first kappa shape index (κ1) is 45.1. The van der Waals surface area contributed by atoms with Gasteiger partial charge in [-0.1, -0.05) is 214 Å². The number of para-hydroxylation sites is 1. The Balaban J connectivity index is 0.959. The largest absolute Gasteiger partial charge is 0.282 e. The molecule has 0 fully saturated rings. The summed E-state index contributed by atoms with van der Waals surface area (Å²) < 4.78 is 2.34. The molecular weight excluding hydrogens is 921 g/mol. The number of hydrogen-bond donors (Lipinski definition) is 0. The predicted octanol–water partition coefficient (Wildman–Crippen LogP) is 18.2. The molecule has 0 N–H and O–H groups in total. The van der Waals surface area contributed by atoms with Crippen molar-refractivity contribution in [1.29, 1.82) is 0 Å². The zero-order chi connectivity index (χ0) is 50.7. The number of fused-ring (bicyclic) bond motifs is 6. The summed E-state index contributed by atoms with van der Waals surface area (Å²) in [6.07, 6.45) is 3.31. The number of rotatable bonds is 9. The first-order valence-electron chi connectivity index (χ1n) is 26.3. The Hall–Kier alpha value is -9.51. The maximum absolute atomic E-state index is 5.55. The molecule has 0 radical (unpaired) electrons.